The molecule has 1 heterocycles. The Morgan fingerprint density at radius 3 is 2.68 bits per heavy atom. The predicted molar refractivity (Wildman–Crippen MR) is 147 cm³/mol. The predicted octanol–water partition coefficient (Wildman–Crippen LogP) is 4.98. The van der Waals surface area contributed by atoms with E-state index in [-0.39, 0.29) is 47.3 Å². The molecule has 3 atom stereocenters. The molecular weight excluding hydrogens is 539 g/mol. The number of aryl methyl sites for hydroxylation is 1. The van der Waals surface area contributed by atoms with Crippen molar-refractivity contribution in [2.24, 2.45) is 11.3 Å². The van der Waals surface area contributed by atoms with Gasteiger partial charge in [0.1, 0.15) is 5.75 Å². The van der Waals surface area contributed by atoms with Gasteiger partial charge in [0.2, 0.25) is 11.9 Å². The van der Waals surface area contributed by atoms with Crippen molar-refractivity contribution in [2.45, 2.75) is 64.1 Å². The monoisotopic (exact) mass is 577 g/mol. The fourth-order valence-corrected chi connectivity index (χ4v) is 6.19. The number of carbonyl (C=O) groups is 2. The molecule has 0 radical (unpaired) electrons. The summed E-state index contributed by atoms with van der Waals surface area (Å²) in [5, 5.41) is 5.67. The molecule has 41 heavy (non-hydrogen) atoms. The second kappa shape index (κ2) is 12.6. The summed E-state index contributed by atoms with van der Waals surface area (Å²) in [5.74, 6) is 0.258. The van der Waals surface area contributed by atoms with E-state index in [0.29, 0.717) is 36.6 Å². The molecule has 0 bridgehead atoms. The summed E-state index contributed by atoms with van der Waals surface area (Å²) in [6, 6.07) is 4.82. The Balaban J connectivity index is 1.50. The zero-order valence-electron chi connectivity index (χ0n) is 23.9. The number of nitrogens with one attached hydrogen (secondary N) is 2. The number of benzene rings is 1. The molecule has 0 saturated heterocycles. The van der Waals surface area contributed by atoms with Crippen molar-refractivity contribution in [1.29, 1.82) is 0 Å². The lowest BCUT2D eigenvalue weighted by Gasteiger charge is -2.39. The highest BCUT2D eigenvalue weighted by atomic mass is 19.4. The van der Waals surface area contributed by atoms with Gasteiger partial charge in [-0.25, -0.2) is 9.97 Å². The molecule has 2 fully saturated rings. The number of hydrogen-bond acceptors (Lipinski definition) is 7. The third kappa shape index (κ3) is 6.91. The quantitative estimate of drug-likeness (QED) is 0.363. The molecule has 1 spiro atoms. The van der Waals surface area contributed by atoms with Crippen molar-refractivity contribution < 1.29 is 32.2 Å². The molecule has 224 valence electrons. The minimum atomic E-state index is -4.59. The van der Waals surface area contributed by atoms with Crippen LogP contribution >= 0.6 is 0 Å². The number of carbonyl (C=O) groups excluding carboxylic acids is 2. The average Bonchev–Trinajstić information content (AvgIpc) is 3.63. The van der Waals surface area contributed by atoms with E-state index in [1.165, 1.54) is 20.3 Å². The van der Waals surface area contributed by atoms with Crippen LogP contribution in [-0.4, -0.2) is 67.1 Å². The van der Waals surface area contributed by atoms with Crippen LogP contribution in [-0.2, 0) is 22.1 Å². The van der Waals surface area contributed by atoms with E-state index in [9.17, 15) is 22.8 Å². The minimum Gasteiger partial charge on any atom is -0.495 e. The van der Waals surface area contributed by atoms with Crippen molar-refractivity contribution in [3.05, 3.63) is 41.2 Å². The maximum Gasteiger partial charge on any atom is 0.419 e. The van der Waals surface area contributed by atoms with Crippen LogP contribution in [0.3, 0.4) is 0 Å². The first-order valence-electron chi connectivity index (χ1n) is 13.9. The molecule has 0 unspecified atom stereocenters. The van der Waals surface area contributed by atoms with Crippen molar-refractivity contribution in [1.82, 2.24) is 20.2 Å². The van der Waals surface area contributed by atoms with Crippen molar-refractivity contribution in [2.75, 3.05) is 39.7 Å². The van der Waals surface area contributed by atoms with E-state index in [4.69, 9.17) is 9.47 Å². The first kappa shape index (κ1) is 30.5. The largest absolute Gasteiger partial charge is 0.495 e. The normalized spacial score (nSPS) is 21.8. The molecule has 4 rings (SSSR count). The molecular formula is C29H38F3N5O4. The van der Waals surface area contributed by atoms with Gasteiger partial charge < -0.3 is 25.0 Å². The summed E-state index contributed by atoms with van der Waals surface area (Å²) in [6.07, 6.45) is 1.87. The number of aromatic nitrogens is 2. The van der Waals surface area contributed by atoms with Crippen LogP contribution in [0.4, 0.5) is 24.8 Å². The van der Waals surface area contributed by atoms with Crippen LogP contribution in [0, 0.1) is 11.3 Å². The number of ether oxygens (including phenoxy) is 2. The van der Waals surface area contributed by atoms with E-state index >= 15 is 0 Å². The highest BCUT2D eigenvalue weighted by molar-refractivity contribution is 5.95. The number of methoxy groups -OCH3 is 2. The van der Waals surface area contributed by atoms with E-state index in [0.717, 1.165) is 38.3 Å². The summed E-state index contributed by atoms with van der Waals surface area (Å²) in [4.78, 5) is 34.5. The van der Waals surface area contributed by atoms with Crippen LogP contribution in [0.5, 0.6) is 5.75 Å². The molecule has 2 N–H and O–H groups in total. The molecule has 2 aliphatic rings. The van der Waals surface area contributed by atoms with Crippen molar-refractivity contribution in [3.63, 3.8) is 0 Å². The van der Waals surface area contributed by atoms with Gasteiger partial charge in [-0.15, -0.1) is 0 Å². The molecule has 0 aliphatic heterocycles. The number of halogens is 3. The Hall–Kier alpha value is -3.41. The highest BCUT2D eigenvalue weighted by Gasteiger charge is 2.60. The summed E-state index contributed by atoms with van der Waals surface area (Å²) in [7, 11) is 4.79. The van der Waals surface area contributed by atoms with Crippen molar-refractivity contribution >= 4 is 23.5 Å². The van der Waals surface area contributed by atoms with E-state index in [2.05, 4.69) is 20.6 Å². The van der Waals surface area contributed by atoms with Gasteiger partial charge in [-0.05, 0) is 61.6 Å². The summed E-state index contributed by atoms with van der Waals surface area (Å²) in [6.45, 7) is 2.27. The fourth-order valence-electron chi connectivity index (χ4n) is 6.19. The molecule has 2 saturated carbocycles. The topological polar surface area (TPSA) is 106 Å². The van der Waals surface area contributed by atoms with Gasteiger partial charge >= 0.3 is 6.18 Å². The van der Waals surface area contributed by atoms with E-state index in [1.807, 2.05) is 11.9 Å². The second-order valence-corrected chi connectivity index (χ2v) is 10.9. The van der Waals surface area contributed by atoms with Gasteiger partial charge in [-0.3, -0.25) is 9.59 Å². The van der Waals surface area contributed by atoms with Gasteiger partial charge in [0.05, 0.1) is 30.7 Å². The van der Waals surface area contributed by atoms with E-state index in [1.54, 1.807) is 19.1 Å². The fraction of sp³-hybridized carbons (Fsp3) is 0.586. The standard InChI is InChI=1S/C29H38F3N5O4/c1-18(38)37(2)25-7-5-6-12-28(25)16-20(28)9-11-22-21(29(30,31)32)17-34-27(35-22)36-23-10-8-19(15-24(23)41-4)26(39)33-13-14-40-3/h8,10,15,17,20,25H,5-7,9,11-14,16H2,1-4H3,(H,33,39)(H,34,35,36)/t20-,25-,28+/m1/s1. The number of nitrogens with zero attached hydrogens (tertiary/aromatic N) is 3. The summed E-state index contributed by atoms with van der Waals surface area (Å²) < 4.78 is 52.0. The first-order chi connectivity index (χ1) is 19.5. The molecule has 1 aromatic heterocycles. The number of hydrogen-bond donors (Lipinski definition) is 2. The van der Waals surface area contributed by atoms with Crippen LogP contribution in [0.2, 0.25) is 0 Å². The smallest absolute Gasteiger partial charge is 0.419 e. The van der Waals surface area contributed by atoms with Crippen LogP contribution < -0.4 is 15.4 Å². The van der Waals surface area contributed by atoms with Gasteiger partial charge in [0.15, 0.2) is 0 Å². The number of alkyl halides is 3. The Morgan fingerprint density at radius 1 is 1.22 bits per heavy atom. The van der Waals surface area contributed by atoms with E-state index < -0.39 is 11.7 Å². The lowest BCUT2D eigenvalue weighted by molar-refractivity contribution is -0.138. The van der Waals surface area contributed by atoms with Gasteiger partial charge in [0, 0.05) is 45.4 Å². The molecule has 9 nitrogen and oxygen atoms in total. The maximum absolute atomic E-state index is 13.9. The summed E-state index contributed by atoms with van der Waals surface area (Å²) >= 11 is 0. The Labute approximate surface area is 238 Å². The Bertz CT molecular complexity index is 1260. The third-order valence-corrected chi connectivity index (χ3v) is 8.48. The number of rotatable bonds is 11. The number of anilines is 2. The molecule has 2 amide bonds. The molecule has 1 aromatic carbocycles. The second-order valence-electron chi connectivity index (χ2n) is 10.9. The van der Waals surface area contributed by atoms with Crippen molar-refractivity contribution in [3.8, 4) is 5.75 Å². The van der Waals surface area contributed by atoms with Gasteiger partial charge in [0.25, 0.3) is 5.91 Å². The SMILES string of the molecule is COCCNC(=O)c1ccc(Nc2ncc(C(F)(F)F)c(CC[C@@H]3C[C@@]34CCCC[C@H]4N(C)C(C)=O)n2)c(OC)c1. The highest BCUT2D eigenvalue weighted by Crippen LogP contribution is 2.64. The first-order valence-corrected chi connectivity index (χ1v) is 13.9. The van der Waals surface area contributed by atoms with Crippen LogP contribution in [0.25, 0.3) is 0 Å². The minimum absolute atomic E-state index is 0.000891. The lowest BCUT2D eigenvalue weighted by Crippen LogP contribution is -2.44. The Morgan fingerprint density at radius 2 is 2.00 bits per heavy atom. The molecule has 2 aliphatic carbocycles. The Kier molecular flexibility index (Phi) is 9.41. The zero-order valence-corrected chi connectivity index (χ0v) is 23.9. The lowest BCUT2D eigenvalue weighted by atomic mass is 9.78. The average molecular weight is 578 g/mol. The maximum atomic E-state index is 13.9. The van der Waals surface area contributed by atoms with Crippen LogP contribution in [0.1, 0.15) is 67.1 Å². The molecule has 12 heteroatoms. The molecule has 2 aromatic rings. The number of amides is 2. The third-order valence-electron chi connectivity index (χ3n) is 8.48. The summed E-state index contributed by atoms with van der Waals surface area (Å²) in [5.41, 5.74) is -0.181. The van der Waals surface area contributed by atoms with Gasteiger partial charge in [-0.1, -0.05) is 12.8 Å². The van der Waals surface area contributed by atoms with Gasteiger partial charge in [-0.2, -0.15) is 13.2 Å². The van der Waals surface area contributed by atoms with Crippen LogP contribution in [0.15, 0.2) is 24.4 Å². The zero-order chi connectivity index (χ0) is 29.8.